The molecule has 0 aliphatic heterocycles. The standard InChI is InChI=1S/C15H13ClN2O3/c16-13-7-11(4-5-14(13)20)9-17-18-15(21)8-10-2-1-3-12(19)6-10/h1-7,9,19-20H,8H2,(H,18,21). The minimum Gasteiger partial charge on any atom is -0.508 e. The van der Waals surface area contributed by atoms with Gasteiger partial charge in [-0.25, -0.2) is 5.43 Å². The molecule has 21 heavy (non-hydrogen) atoms. The van der Waals surface area contributed by atoms with Crippen molar-refractivity contribution in [3.05, 3.63) is 58.6 Å². The van der Waals surface area contributed by atoms with Crippen molar-refractivity contribution in [3.63, 3.8) is 0 Å². The Hall–Kier alpha value is -2.53. The smallest absolute Gasteiger partial charge is 0.244 e. The number of carbonyl (C=O) groups is 1. The minimum atomic E-state index is -0.304. The van der Waals surface area contributed by atoms with Crippen molar-refractivity contribution in [3.8, 4) is 11.5 Å². The topological polar surface area (TPSA) is 81.9 Å². The number of hydrazone groups is 1. The molecule has 0 radical (unpaired) electrons. The van der Waals surface area contributed by atoms with Gasteiger partial charge in [0.2, 0.25) is 5.91 Å². The van der Waals surface area contributed by atoms with Crippen LogP contribution in [0.4, 0.5) is 0 Å². The summed E-state index contributed by atoms with van der Waals surface area (Å²) in [7, 11) is 0. The Morgan fingerprint density at radius 2 is 2.05 bits per heavy atom. The van der Waals surface area contributed by atoms with Gasteiger partial charge < -0.3 is 10.2 Å². The number of aromatic hydroxyl groups is 2. The predicted octanol–water partition coefficient (Wildman–Crippen LogP) is 2.44. The zero-order chi connectivity index (χ0) is 15.2. The Bertz CT molecular complexity index is 686. The van der Waals surface area contributed by atoms with Crippen molar-refractivity contribution in [2.75, 3.05) is 0 Å². The lowest BCUT2D eigenvalue weighted by atomic mass is 10.1. The van der Waals surface area contributed by atoms with Gasteiger partial charge in [0.05, 0.1) is 17.7 Å². The summed E-state index contributed by atoms with van der Waals surface area (Å²) in [5, 5.41) is 22.6. The molecule has 0 unspecified atom stereocenters. The lowest BCUT2D eigenvalue weighted by molar-refractivity contribution is -0.120. The van der Waals surface area contributed by atoms with E-state index in [0.29, 0.717) is 11.1 Å². The van der Waals surface area contributed by atoms with E-state index in [1.807, 2.05) is 0 Å². The normalized spacial score (nSPS) is 10.7. The summed E-state index contributed by atoms with van der Waals surface area (Å²) >= 11 is 5.75. The highest BCUT2D eigenvalue weighted by atomic mass is 35.5. The van der Waals surface area contributed by atoms with Crippen LogP contribution < -0.4 is 5.43 Å². The third-order valence-corrected chi connectivity index (χ3v) is 2.95. The van der Waals surface area contributed by atoms with Gasteiger partial charge in [-0.05, 0) is 41.5 Å². The molecule has 2 aromatic rings. The van der Waals surface area contributed by atoms with Crippen LogP contribution in [-0.2, 0) is 11.2 Å². The number of halogens is 1. The summed E-state index contributed by atoms with van der Waals surface area (Å²) < 4.78 is 0. The summed E-state index contributed by atoms with van der Waals surface area (Å²) in [6.45, 7) is 0. The molecule has 0 atom stereocenters. The summed E-state index contributed by atoms with van der Waals surface area (Å²) in [6.07, 6.45) is 1.54. The van der Waals surface area contributed by atoms with Crippen LogP contribution in [-0.4, -0.2) is 22.3 Å². The molecule has 0 aliphatic rings. The fourth-order valence-corrected chi connectivity index (χ4v) is 1.86. The largest absolute Gasteiger partial charge is 0.508 e. The van der Waals surface area contributed by atoms with Gasteiger partial charge in [0.25, 0.3) is 0 Å². The van der Waals surface area contributed by atoms with Crippen molar-refractivity contribution in [1.29, 1.82) is 0 Å². The lowest BCUT2D eigenvalue weighted by Crippen LogP contribution is -2.19. The molecule has 0 heterocycles. The van der Waals surface area contributed by atoms with E-state index in [-0.39, 0.29) is 28.8 Å². The number of nitrogens with one attached hydrogen (secondary N) is 1. The van der Waals surface area contributed by atoms with Gasteiger partial charge in [0.15, 0.2) is 0 Å². The Morgan fingerprint density at radius 3 is 2.76 bits per heavy atom. The summed E-state index contributed by atoms with van der Waals surface area (Å²) in [5.41, 5.74) is 3.72. The van der Waals surface area contributed by atoms with Crippen LogP contribution in [0.15, 0.2) is 47.6 Å². The number of phenols is 2. The first-order valence-corrected chi connectivity index (χ1v) is 6.51. The zero-order valence-electron chi connectivity index (χ0n) is 11.0. The van der Waals surface area contributed by atoms with E-state index in [1.54, 1.807) is 18.2 Å². The molecule has 0 bridgehead atoms. The van der Waals surface area contributed by atoms with Crippen LogP contribution in [0.5, 0.6) is 11.5 Å². The van der Waals surface area contributed by atoms with Crippen molar-refractivity contribution < 1.29 is 15.0 Å². The highest BCUT2D eigenvalue weighted by molar-refractivity contribution is 6.32. The number of benzene rings is 2. The van der Waals surface area contributed by atoms with E-state index in [4.69, 9.17) is 11.6 Å². The number of nitrogens with zero attached hydrogens (tertiary/aromatic N) is 1. The molecule has 0 spiro atoms. The number of amides is 1. The van der Waals surface area contributed by atoms with Gasteiger partial charge in [0.1, 0.15) is 11.5 Å². The fourth-order valence-electron chi connectivity index (χ4n) is 1.67. The van der Waals surface area contributed by atoms with E-state index in [0.717, 1.165) is 0 Å². The molecule has 2 aromatic carbocycles. The SMILES string of the molecule is O=C(Cc1cccc(O)c1)NN=Cc1ccc(O)c(Cl)c1. The highest BCUT2D eigenvalue weighted by Gasteiger charge is 2.03. The minimum absolute atomic E-state index is 0.0123. The van der Waals surface area contributed by atoms with Gasteiger partial charge in [-0.2, -0.15) is 5.10 Å². The first-order valence-electron chi connectivity index (χ1n) is 6.13. The second kappa shape index (κ2) is 6.76. The molecule has 0 saturated carbocycles. The number of hydrogen-bond donors (Lipinski definition) is 3. The third kappa shape index (κ3) is 4.50. The Morgan fingerprint density at radius 1 is 1.24 bits per heavy atom. The summed E-state index contributed by atoms with van der Waals surface area (Å²) in [6, 6.07) is 11.0. The van der Waals surface area contributed by atoms with Crippen LogP contribution in [0.2, 0.25) is 5.02 Å². The molecule has 1 amide bonds. The maximum Gasteiger partial charge on any atom is 0.244 e. The molecule has 3 N–H and O–H groups in total. The second-order valence-electron chi connectivity index (χ2n) is 4.35. The molecule has 6 heteroatoms. The first kappa shape index (κ1) is 14.9. The van der Waals surface area contributed by atoms with E-state index >= 15 is 0 Å². The van der Waals surface area contributed by atoms with Crippen molar-refractivity contribution >= 4 is 23.7 Å². The average Bonchev–Trinajstić information content (AvgIpc) is 2.43. The van der Waals surface area contributed by atoms with Gasteiger partial charge in [0, 0.05) is 0 Å². The maximum absolute atomic E-state index is 11.7. The quantitative estimate of drug-likeness (QED) is 0.599. The van der Waals surface area contributed by atoms with Gasteiger partial charge in [-0.15, -0.1) is 0 Å². The van der Waals surface area contributed by atoms with Crippen LogP contribution in [0.1, 0.15) is 11.1 Å². The zero-order valence-corrected chi connectivity index (χ0v) is 11.7. The maximum atomic E-state index is 11.7. The number of phenolic OH excluding ortho intramolecular Hbond substituents is 2. The number of carbonyl (C=O) groups excluding carboxylic acids is 1. The van der Waals surface area contributed by atoms with Gasteiger partial charge in [-0.3, -0.25) is 4.79 Å². The van der Waals surface area contributed by atoms with Gasteiger partial charge >= 0.3 is 0 Å². The van der Waals surface area contributed by atoms with Crippen molar-refractivity contribution in [2.24, 2.45) is 5.10 Å². The fraction of sp³-hybridized carbons (Fsp3) is 0.0667. The summed E-state index contributed by atoms with van der Waals surface area (Å²) in [4.78, 5) is 11.7. The Kier molecular flexibility index (Phi) is 4.79. The average molecular weight is 305 g/mol. The van der Waals surface area contributed by atoms with Crippen molar-refractivity contribution in [1.82, 2.24) is 5.43 Å². The van der Waals surface area contributed by atoms with Crippen LogP contribution >= 0.6 is 11.6 Å². The Labute approximate surface area is 126 Å². The molecule has 0 aliphatic carbocycles. The van der Waals surface area contributed by atoms with Gasteiger partial charge in [-0.1, -0.05) is 23.7 Å². The van der Waals surface area contributed by atoms with Crippen LogP contribution in [0.3, 0.4) is 0 Å². The number of rotatable bonds is 4. The summed E-state index contributed by atoms with van der Waals surface area (Å²) in [5.74, 6) is -0.203. The predicted molar refractivity (Wildman–Crippen MR) is 80.7 cm³/mol. The van der Waals surface area contributed by atoms with Crippen LogP contribution in [0, 0.1) is 0 Å². The molecular formula is C15H13ClN2O3. The molecule has 0 fully saturated rings. The number of hydrogen-bond acceptors (Lipinski definition) is 4. The molecule has 108 valence electrons. The molecule has 0 saturated heterocycles. The van der Waals surface area contributed by atoms with E-state index < -0.39 is 0 Å². The van der Waals surface area contributed by atoms with E-state index in [2.05, 4.69) is 10.5 Å². The molecule has 2 rings (SSSR count). The van der Waals surface area contributed by atoms with E-state index in [1.165, 1.54) is 30.5 Å². The molecular weight excluding hydrogens is 292 g/mol. The molecule has 0 aromatic heterocycles. The highest BCUT2D eigenvalue weighted by Crippen LogP contribution is 2.22. The van der Waals surface area contributed by atoms with E-state index in [9.17, 15) is 15.0 Å². The van der Waals surface area contributed by atoms with Crippen LogP contribution in [0.25, 0.3) is 0 Å². The lowest BCUT2D eigenvalue weighted by Gasteiger charge is -2.01. The third-order valence-electron chi connectivity index (χ3n) is 2.65. The Balaban J connectivity index is 1.91. The molecule has 5 nitrogen and oxygen atoms in total. The monoisotopic (exact) mass is 304 g/mol. The first-order chi connectivity index (χ1) is 10.0. The second-order valence-corrected chi connectivity index (χ2v) is 4.76. The van der Waals surface area contributed by atoms with Crippen molar-refractivity contribution in [2.45, 2.75) is 6.42 Å².